The van der Waals surface area contributed by atoms with E-state index >= 15 is 0 Å². The van der Waals surface area contributed by atoms with E-state index in [1.807, 2.05) is 12.1 Å². The summed E-state index contributed by atoms with van der Waals surface area (Å²) in [5.74, 6) is 0. The van der Waals surface area contributed by atoms with Crippen molar-refractivity contribution < 1.29 is 0 Å². The van der Waals surface area contributed by atoms with E-state index in [0.29, 0.717) is 4.80 Å². The summed E-state index contributed by atoms with van der Waals surface area (Å²) in [4.78, 5) is 11.3. The van der Waals surface area contributed by atoms with Crippen molar-refractivity contribution in [1.29, 1.82) is 0 Å². The number of para-hydroxylation sites is 1. The second-order valence-electron chi connectivity index (χ2n) is 7.78. The van der Waals surface area contributed by atoms with E-state index in [0.717, 1.165) is 23.2 Å². The Hall–Kier alpha value is -1.49. The lowest BCUT2D eigenvalue weighted by Crippen LogP contribution is -2.14. The number of aromatic nitrogens is 1. The number of nitrogens with zero attached hydrogens (tertiary/aromatic N) is 3. The van der Waals surface area contributed by atoms with Gasteiger partial charge in [-0.2, -0.15) is 0 Å². The highest BCUT2D eigenvalue weighted by atomic mass is 32.1. The minimum Gasteiger partial charge on any atom is -0.315 e. The lowest BCUT2D eigenvalue weighted by molar-refractivity contribution is 0.524. The molecule has 4 nitrogen and oxygen atoms in total. The van der Waals surface area contributed by atoms with Crippen molar-refractivity contribution in [3.63, 3.8) is 0 Å². The Morgan fingerprint density at radius 2 is 1.32 bits per heavy atom. The van der Waals surface area contributed by atoms with Crippen molar-refractivity contribution in [2.45, 2.75) is 103 Å². The van der Waals surface area contributed by atoms with Crippen LogP contribution in [0.3, 0.4) is 0 Å². The van der Waals surface area contributed by atoms with E-state index in [9.17, 15) is 4.91 Å². The van der Waals surface area contributed by atoms with E-state index in [1.165, 1.54) is 94.8 Å². The SMILES string of the molecule is CCCCCCCCCCCCCCCCn1/c(=N/N=O)sc2ccccc21. The molecule has 5 heteroatoms. The predicted molar refractivity (Wildman–Crippen MR) is 121 cm³/mol. The zero-order valence-corrected chi connectivity index (χ0v) is 18.4. The molecule has 0 fully saturated rings. The smallest absolute Gasteiger partial charge is 0.215 e. The number of unbranched alkanes of at least 4 members (excludes halogenated alkanes) is 13. The third kappa shape index (κ3) is 8.26. The molecule has 0 saturated heterocycles. The lowest BCUT2D eigenvalue weighted by atomic mass is 10.0. The maximum atomic E-state index is 10.6. The van der Waals surface area contributed by atoms with Crippen LogP contribution in [0.4, 0.5) is 0 Å². The van der Waals surface area contributed by atoms with Crippen molar-refractivity contribution in [2.24, 2.45) is 10.4 Å². The van der Waals surface area contributed by atoms with Gasteiger partial charge in [0.05, 0.1) is 15.5 Å². The van der Waals surface area contributed by atoms with Gasteiger partial charge in [0, 0.05) is 6.54 Å². The van der Waals surface area contributed by atoms with E-state index in [4.69, 9.17) is 0 Å². The van der Waals surface area contributed by atoms with E-state index in [1.54, 1.807) is 0 Å². The van der Waals surface area contributed by atoms with Gasteiger partial charge < -0.3 is 4.57 Å². The molecule has 0 spiro atoms. The highest BCUT2D eigenvalue weighted by Crippen LogP contribution is 2.18. The molecule has 0 amide bonds. The molecule has 0 bridgehead atoms. The Morgan fingerprint density at radius 3 is 1.89 bits per heavy atom. The number of hydrogen-bond donors (Lipinski definition) is 0. The van der Waals surface area contributed by atoms with Crippen LogP contribution in [0.2, 0.25) is 0 Å². The zero-order valence-electron chi connectivity index (χ0n) is 17.6. The summed E-state index contributed by atoms with van der Waals surface area (Å²) in [6.45, 7) is 3.19. The molecule has 28 heavy (non-hydrogen) atoms. The summed E-state index contributed by atoms with van der Waals surface area (Å²) in [5, 5.41) is 6.52. The summed E-state index contributed by atoms with van der Waals surface area (Å²) in [6.07, 6.45) is 19.1. The number of hydrogen-bond acceptors (Lipinski definition) is 3. The molecule has 0 atom stereocenters. The van der Waals surface area contributed by atoms with Gasteiger partial charge in [0.15, 0.2) is 0 Å². The molecule has 2 rings (SSSR count). The van der Waals surface area contributed by atoms with Crippen LogP contribution in [0.5, 0.6) is 0 Å². The third-order valence-corrected chi connectivity index (χ3v) is 6.50. The molecular weight excluding hydrogens is 366 g/mol. The summed E-state index contributed by atoms with van der Waals surface area (Å²) in [6, 6.07) is 8.23. The quantitative estimate of drug-likeness (QED) is 0.160. The molecule has 2 aromatic rings. The van der Waals surface area contributed by atoms with Crippen molar-refractivity contribution in [1.82, 2.24) is 4.57 Å². The number of rotatable bonds is 16. The fraction of sp³-hybridized carbons (Fsp3) is 0.696. The largest absolute Gasteiger partial charge is 0.315 e. The van der Waals surface area contributed by atoms with Crippen molar-refractivity contribution in [3.05, 3.63) is 34.0 Å². The Kier molecular flexibility index (Phi) is 11.8. The number of thiazole rings is 1. The summed E-state index contributed by atoms with van der Waals surface area (Å²) < 4.78 is 3.30. The second kappa shape index (κ2) is 14.5. The topological polar surface area (TPSA) is 46.7 Å². The van der Waals surface area contributed by atoms with Crippen LogP contribution in [0.1, 0.15) is 96.8 Å². The van der Waals surface area contributed by atoms with Crippen LogP contribution in [0, 0.1) is 4.91 Å². The summed E-state index contributed by atoms with van der Waals surface area (Å²) in [7, 11) is 0. The molecule has 0 saturated carbocycles. The first-order valence-electron chi connectivity index (χ1n) is 11.3. The van der Waals surface area contributed by atoms with Crippen LogP contribution in [0.25, 0.3) is 10.2 Å². The number of aryl methyl sites for hydroxylation is 1. The Balaban J connectivity index is 1.53. The second-order valence-corrected chi connectivity index (χ2v) is 8.79. The van der Waals surface area contributed by atoms with Gasteiger partial charge in [0.2, 0.25) is 4.80 Å². The third-order valence-electron chi connectivity index (χ3n) is 5.45. The molecule has 0 aliphatic carbocycles. The van der Waals surface area contributed by atoms with Crippen LogP contribution in [-0.2, 0) is 6.54 Å². The summed E-state index contributed by atoms with van der Waals surface area (Å²) in [5.41, 5.74) is 1.16. The van der Waals surface area contributed by atoms with E-state index < -0.39 is 0 Å². The van der Waals surface area contributed by atoms with Crippen LogP contribution < -0.4 is 4.80 Å². The molecule has 0 N–H and O–H groups in total. The van der Waals surface area contributed by atoms with Gasteiger partial charge in [-0.3, -0.25) is 0 Å². The standard InChI is InChI=1S/C23H37N3OS/c1-2-3-4-5-6-7-8-9-10-11-12-13-14-17-20-26-21-18-15-16-19-22(21)28-23(26)24-25-27/h15-16,18-19H,2-14,17,20H2,1H3/b24-23-. The highest BCUT2D eigenvalue weighted by molar-refractivity contribution is 7.16. The monoisotopic (exact) mass is 403 g/mol. The van der Waals surface area contributed by atoms with Crippen LogP contribution >= 0.6 is 11.3 Å². The van der Waals surface area contributed by atoms with E-state index in [2.05, 4.69) is 34.0 Å². The van der Waals surface area contributed by atoms with Gasteiger partial charge in [-0.25, -0.2) is 0 Å². The Bertz CT molecular complexity index is 735. The normalized spacial score (nSPS) is 12.1. The molecule has 0 aliphatic heterocycles. The molecule has 0 aliphatic rings. The van der Waals surface area contributed by atoms with Gasteiger partial charge in [-0.15, -0.1) is 4.91 Å². The average Bonchev–Trinajstić information content (AvgIpc) is 3.06. The van der Waals surface area contributed by atoms with E-state index in [-0.39, 0.29) is 0 Å². The number of fused-ring (bicyclic) bond motifs is 1. The molecule has 156 valence electrons. The van der Waals surface area contributed by atoms with Crippen molar-refractivity contribution in [2.75, 3.05) is 0 Å². The predicted octanol–water partition coefficient (Wildman–Crippen LogP) is 7.77. The Morgan fingerprint density at radius 1 is 0.786 bits per heavy atom. The fourth-order valence-corrected chi connectivity index (χ4v) is 4.81. The van der Waals surface area contributed by atoms with Gasteiger partial charge in [-0.05, 0) is 18.6 Å². The van der Waals surface area contributed by atoms with Crippen LogP contribution in [-0.4, -0.2) is 4.57 Å². The van der Waals surface area contributed by atoms with Crippen LogP contribution in [0.15, 0.2) is 34.7 Å². The molecule has 1 aromatic carbocycles. The molecule has 1 aromatic heterocycles. The zero-order chi connectivity index (χ0) is 19.9. The fourth-order valence-electron chi connectivity index (χ4n) is 3.81. The summed E-state index contributed by atoms with van der Waals surface area (Å²) >= 11 is 1.54. The van der Waals surface area contributed by atoms with Gasteiger partial charge in [0.25, 0.3) is 0 Å². The maximum Gasteiger partial charge on any atom is 0.215 e. The minimum atomic E-state index is 0.714. The van der Waals surface area contributed by atoms with Gasteiger partial charge >= 0.3 is 0 Å². The number of nitroso groups, excluding NO2 is 1. The first-order chi connectivity index (χ1) is 13.9. The number of benzene rings is 1. The minimum absolute atomic E-state index is 0.714. The maximum absolute atomic E-state index is 10.6. The Labute approximate surface area is 174 Å². The first-order valence-corrected chi connectivity index (χ1v) is 12.1. The lowest BCUT2D eigenvalue weighted by Gasteiger charge is -2.05. The van der Waals surface area contributed by atoms with Gasteiger partial charge in [0.1, 0.15) is 0 Å². The van der Waals surface area contributed by atoms with Crippen molar-refractivity contribution >= 4 is 21.6 Å². The van der Waals surface area contributed by atoms with Gasteiger partial charge in [-0.1, -0.05) is 119 Å². The average molecular weight is 404 g/mol. The first kappa shape index (κ1) is 22.8. The highest BCUT2D eigenvalue weighted by Gasteiger charge is 2.05. The molecule has 0 radical (unpaired) electrons. The molecular formula is C23H37N3OS. The molecule has 1 heterocycles. The molecule has 0 unspecified atom stereocenters. The van der Waals surface area contributed by atoms with Crippen molar-refractivity contribution in [3.8, 4) is 0 Å².